The highest BCUT2D eigenvalue weighted by Crippen LogP contribution is 2.12. The van der Waals surface area contributed by atoms with Crippen LogP contribution in [0.5, 0.6) is 5.75 Å². The van der Waals surface area contributed by atoms with Crippen LogP contribution in [0.15, 0.2) is 29.4 Å². The van der Waals surface area contributed by atoms with Gasteiger partial charge in [0.05, 0.1) is 0 Å². The van der Waals surface area contributed by atoms with Gasteiger partial charge in [-0.2, -0.15) is 0 Å². The topological polar surface area (TPSA) is 106 Å². The van der Waals surface area contributed by atoms with Crippen LogP contribution in [0.2, 0.25) is 0 Å². The van der Waals surface area contributed by atoms with Crippen molar-refractivity contribution in [1.82, 2.24) is 5.32 Å². The molecule has 2 rings (SSSR count). The van der Waals surface area contributed by atoms with E-state index in [0.717, 1.165) is 12.8 Å². The summed E-state index contributed by atoms with van der Waals surface area (Å²) in [7, 11) is 0. The van der Waals surface area contributed by atoms with Crippen LogP contribution in [0.1, 0.15) is 18.4 Å². The molecule has 0 radical (unpaired) electrons. The molecule has 1 aliphatic heterocycles. The normalized spacial score (nSPS) is 16.5. The van der Waals surface area contributed by atoms with E-state index in [4.69, 9.17) is 20.4 Å². The Morgan fingerprint density at radius 2 is 2.05 bits per heavy atom. The summed E-state index contributed by atoms with van der Waals surface area (Å²) >= 11 is 0. The maximum absolute atomic E-state index is 11.8. The monoisotopic (exact) mass is 293 g/mol. The standard InChI is InChI=1S/C14H19N3O4/c15-14(17-19)10-1-3-12(4-2-10)21-9-13(18)16-11-5-7-20-8-6-11/h1-4,11,19H,5-9H2,(H2,15,17)(H,16,18). The predicted molar refractivity (Wildman–Crippen MR) is 76.4 cm³/mol. The number of amidine groups is 1. The van der Waals surface area contributed by atoms with Crippen molar-refractivity contribution in [1.29, 1.82) is 0 Å². The van der Waals surface area contributed by atoms with E-state index >= 15 is 0 Å². The Kier molecular flexibility index (Phi) is 5.39. The van der Waals surface area contributed by atoms with Crippen molar-refractivity contribution in [3.63, 3.8) is 0 Å². The van der Waals surface area contributed by atoms with Gasteiger partial charge in [0.15, 0.2) is 12.4 Å². The average Bonchev–Trinajstić information content (AvgIpc) is 2.53. The van der Waals surface area contributed by atoms with Gasteiger partial charge in [0.1, 0.15) is 5.75 Å². The van der Waals surface area contributed by atoms with Crippen molar-refractivity contribution in [2.75, 3.05) is 19.8 Å². The lowest BCUT2D eigenvalue weighted by atomic mass is 10.1. The minimum atomic E-state index is -0.151. The van der Waals surface area contributed by atoms with Gasteiger partial charge in [-0.25, -0.2) is 0 Å². The molecule has 1 aromatic carbocycles. The van der Waals surface area contributed by atoms with Crippen molar-refractivity contribution in [2.45, 2.75) is 18.9 Å². The molecule has 0 aliphatic carbocycles. The third-order valence-electron chi connectivity index (χ3n) is 3.21. The number of benzene rings is 1. The molecule has 0 aromatic heterocycles. The van der Waals surface area contributed by atoms with E-state index in [1.807, 2.05) is 0 Å². The van der Waals surface area contributed by atoms with E-state index in [1.165, 1.54) is 0 Å². The van der Waals surface area contributed by atoms with Gasteiger partial charge >= 0.3 is 0 Å². The SMILES string of the molecule is N/C(=N\O)c1ccc(OCC(=O)NC2CCOCC2)cc1. The van der Waals surface area contributed by atoms with E-state index in [9.17, 15) is 4.79 Å². The van der Waals surface area contributed by atoms with Crippen molar-refractivity contribution in [3.8, 4) is 5.75 Å². The summed E-state index contributed by atoms with van der Waals surface area (Å²) < 4.78 is 10.6. The summed E-state index contributed by atoms with van der Waals surface area (Å²) in [6.45, 7) is 1.32. The number of oxime groups is 1. The molecule has 7 heteroatoms. The van der Waals surface area contributed by atoms with Crippen LogP contribution in [0, 0.1) is 0 Å². The summed E-state index contributed by atoms with van der Waals surface area (Å²) in [6.07, 6.45) is 1.67. The van der Waals surface area contributed by atoms with Crippen LogP contribution >= 0.6 is 0 Å². The molecule has 0 spiro atoms. The van der Waals surface area contributed by atoms with Crippen molar-refractivity contribution in [2.24, 2.45) is 10.9 Å². The lowest BCUT2D eigenvalue weighted by Crippen LogP contribution is -2.41. The Morgan fingerprint density at radius 3 is 2.67 bits per heavy atom. The van der Waals surface area contributed by atoms with Crippen LogP contribution in [0.4, 0.5) is 0 Å². The molecule has 21 heavy (non-hydrogen) atoms. The van der Waals surface area contributed by atoms with E-state index in [0.29, 0.717) is 24.5 Å². The Balaban J connectivity index is 1.78. The van der Waals surface area contributed by atoms with E-state index < -0.39 is 0 Å². The summed E-state index contributed by atoms with van der Waals surface area (Å²) in [5.74, 6) is 0.424. The quantitative estimate of drug-likeness (QED) is 0.316. The fourth-order valence-corrected chi connectivity index (χ4v) is 2.04. The highest BCUT2D eigenvalue weighted by atomic mass is 16.5. The molecule has 1 aromatic rings. The van der Waals surface area contributed by atoms with Gasteiger partial charge in [0.2, 0.25) is 0 Å². The number of nitrogens with zero attached hydrogens (tertiary/aromatic N) is 1. The number of amides is 1. The first-order valence-corrected chi connectivity index (χ1v) is 6.77. The molecule has 114 valence electrons. The number of rotatable bonds is 5. The maximum Gasteiger partial charge on any atom is 0.258 e. The average molecular weight is 293 g/mol. The predicted octanol–water partition coefficient (Wildman–Crippen LogP) is 0.455. The lowest BCUT2D eigenvalue weighted by Gasteiger charge is -2.23. The summed E-state index contributed by atoms with van der Waals surface area (Å²) in [5.41, 5.74) is 6.04. The van der Waals surface area contributed by atoms with Crippen molar-refractivity contribution >= 4 is 11.7 Å². The second-order valence-electron chi connectivity index (χ2n) is 4.75. The zero-order chi connectivity index (χ0) is 15.1. The van der Waals surface area contributed by atoms with E-state index in [2.05, 4.69) is 10.5 Å². The van der Waals surface area contributed by atoms with Gasteiger partial charge in [-0.1, -0.05) is 5.16 Å². The zero-order valence-electron chi connectivity index (χ0n) is 11.6. The first-order chi connectivity index (χ1) is 10.2. The number of ether oxygens (including phenoxy) is 2. The van der Waals surface area contributed by atoms with Crippen LogP contribution in [0.25, 0.3) is 0 Å². The van der Waals surface area contributed by atoms with Gasteiger partial charge in [0, 0.05) is 24.8 Å². The second-order valence-corrected chi connectivity index (χ2v) is 4.75. The van der Waals surface area contributed by atoms with Crippen molar-refractivity contribution in [3.05, 3.63) is 29.8 Å². The Bertz CT molecular complexity index is 495. The number of nitrogens with one attached hydrogen (secondary N) is 1. The molecule has 1 aliphatic rings. The highest BCUT2D eigenvalue weighted by Gasteiger charge is 2.16. The van der Waals surface area contributed by atoms with Gasteiger partial charge in [-0.3, -0.25) is 4.79 Å². The lowest BCUT2D eigenvalue weighted by molar-refractivity contribution is -0.124. The van der Waals surface area contributed by atoms with Crippen LogP contribution in [0.3, 0.4) is 0 Å². The van der Waals surface area contributed by atoms with Gasteiger partial charge in [-0.15, -0.1) is 0 Å². The van der Waals surface area contributed by atoms with E-state index in [1.54, 1.807) is 24.3 Å². The third-order valence-corrected chi connectivity index (χ3v) is 3.21. The van der Waals surface area contributed by atoms with Crippen LogP contribution in [-0.2, 0) is 9.53 Å². The minimum Gasteiger partial charge on any atom is -0.484 e. The Morgan fingerprint density at radius 1 is 1.38 bits per heavy atom. The first-order valence-electron chi connectivity index (χ1n) is 6.77. The zero-order valence-corrected chi connectivity index (χ0v) is 11.6. The Hall–Kier alpha value is -2.28. The molecule has 0 saturated carbocycles. The van der Waals surface area contributed by atoms with Crippen molar-refractivity contribution < 1.29 is 19.5 Å². The highest BCUT2D eigenvalue weighted by molar-refractivity contribution is 5.97. The third kappa shape index (κ3) is 4.64. The number of hydrogen-bond acceptors (Lipinski definition) is 5. The molecule has 0 bridgehead atoms. The molecular weight excluding hydrogens is 274 g/mol. The summed E-state index contributed by atoms with van der Waals surface area (Å²) in [5, 5.41) is 14.4. The van der Waals surface area contributed by atoms with Crippen LogP contribution < -0.4 is 15.8 Å². The second kappa shape index (κ2) is 7.49. The van der Waals surface area contributed by atoms with Crippen LogP contribution in [-0.4, -0.2) is 42.8 Å². The number of hydrogen-bond donors (Lipinski definition) is 3. The van der Waals surface area contributed by atoms with Gasteiger partial charge in [0.25, 0.3) is 5.91 Å². The molecule has 1 heterocycles. The van der Waals surface area contributed by atoms with E-state index in [-0.39, 0.29) is 24.4 Å². The minimum absolute atomic E-state index is 0.0267. The molecule has 1 saturated heterocycles. The van der Waals surface area contributed by atoms with Gasteiger partial charge in [-0.05, 0) is 37.1 Å². The molecule has 4 N–H and O–H groups in total. The smallest absolute Gasteiger partial charge is 0.258 e. The summed E-state index contributed by atoms with van der Waals surface area (Å²) in [4.78, 5) is 11.8. The number of carbonyl (C=O) groups excluding carboxylic acids is 1. The maximum atomic E-state index is 11.8. The first kappa shape index (κ1) is 15.1. The molecular formula is C14H19N3O4. The fourth-order valence-electron chi connectivity index (χ4n) is 2.04. The number of carbonyl (C=O) groups is 1. The largest absolute Gasteiger partial charge is 0.484 e. The van der Waals surface area contributed by atoms with Gasteiger partial charge < -0.3 is 25.7 Å². The molecule has 1 amide bonds. The fraction of sp³-hybridized carbons (Fsp3) is 0.429. The number of nitrogens with two attached hydrogens (primary N) is 1. The summed E-state index contributed by atoms with van der Waals surface area (Å²) in [6, 6.07) is 6.80. The molecule has 7 nitrogen and oxygen atoms in total. The Labute approximate surface area is 122 Å². The molecule has 1 fully saturated rings. The molecule has 0 atom stereocenters. The molecule has 0 unspecified atom stereocenters.